The lowest BCUT2D eigenvalue weighted by Gasteiger charge is -2.53. The van der Waals surface area contributed by atoms with Gasteiger partial charge in [0.2, 0.25) is 0 Å². The number of ether oxygens (including phenoxy) is 3. The fourth-order valence-electron chi connectivity index (χ4n) is 4.55. The molecule has 5 atom stereocenters. The SMILES string of the molecule is COC1C2=C(C)C(=O)OC2(O)C=C2CCC(OC(C)=O)C(C)C21C. The van der Waals surface area contributed by atoms with Crippen molar-refractivity contribution in [3.05, 3.63) is 22.8 Å². The van der Waals surface area contributed by atoms with E-state index >= 15 is 0 Å². The summed E-state index contributed by atoms with van der Waals surface area (Å²) in [4.78, 5) is 23.4. The Balaban J connectivity index is 2.12. The fourth-order valence-corrected chi connectivity index (χ4v) is 4.55. The molecule has 1 saturated carbocycles. The van der Waals surface area contributed by atoms with Crippen LogP contribution in [0.2, 0.25) is 0 Å². The van der Waals surface area contributed by atoms with Gasteiger partial charge in [-0.2, -0.15) is 0 Å². The van der Waals surface area contributed by atoms with Gasteiger partial charge < -0.3 is 19.3 Å². The molecule has 0 aromatic rings. The number of hydrogen-bond acceptors (Lipinski definition) is 6. The van der Waals surface area contributed by atoms with Gasteiger partial charge in [0, 0.05) is 36.5 Å². The minimum atomic E-state index is -1.73. The molecule has 1 heterocycles. The zero-order valence-corrected chi connectivity index (χ0v) is 14.7. The minimum absolute atomic E-state index is 0.0353. The molecule has 5 unspecified atom stereocenters. The lowest BCUT2D eigenvalue weighted by Crippen LogP contribution is -2.56. The number of esters is 2. The third-order valence-corrected chi connectivity index (χ3v) is 5.97. The van der Waals surface area contributed by atoms with Crippen LogP contribution in [0.4, 0.5) is 0 Å². The molecule has 6 heteroatoms. The van der Waals surface area contributed by atoms with Crippen molar-refractivity contribution < 1.29 is 28.9 Å². The zero-order chi connectivity index (χ0) is 17.9. The molecule has 0 saturated heterocycles. The number of hydrogen-bond donors (Lipinski definition) is 1. The van der Waals surface area contributed by atoms with Gasteiger partial charge in [-0.3, -0.25) is 4.79 Å². The molecule has 6 nitrogen and oxygen atoms in total. The van der Waals surface area contributed by atoms with Gasteiger partial charge in [0.15, 0.2) is 0 Å². The Morgan fingerprint density at radius 1 is 1.46 bits per heavy atom. The molecule has 1 fully saturated rings. The lowest BCUT2D eigenvalue weighted by molar-refractivity contribution is -0.179. The van der Waals surface area contributed by atoms with Crippen molar-refractivity contribution in [2.75, 3.05) is 7.11 Å². The van der Waals surface area contributed by atoms with Gasteiger partial charge in [0.05, 0.1) is 6.10 Å². The first kappa shape index (κ1) is 17.2. The molecule has 2 aliphatic carbocycles. The van der Waals surface area contributed by atoms with Gasteiger partial charge in [0.1, 0.15) is 6.10 Å². The van der Waals surface area contributed by atoms with Crippen LogP contribution in [0, 0.1) is 11.3 Å². The molecule has 0 aromatic heterocycles. The number of methoxy groups -OCH3 is 1. The normalized spacial score (nSPS) is 41.3. The summed E-state index contributed by atoms with van der Waals surface area (Å²) in [5, 5.41) is 10.9. The Morgan fingerprint density at radius 2 is 2.12 bits per heavy atom. The minimum Gasteiger partial charge on any atom is -0.462 e. The Hall–Kier alpha value is -1.66. The third kappa shape index (κ3) is 2.16. The van der Waals surface area contributed by atoms with Gasteiger partial charge in [-0.05, 0) is 25.8 Å². The van der Waals surface area contributed by atoms with Crippen molar-refractivity contribution in [1.82, 2.24) is 0 Å². The summed E-state index contributed by atoms with van der Waals surface area (Å²) in [6.45, 7) is 7.10. The average Bonchev–Trinajstić information content (AvgIpc) is 2.71. The maximum absolute atomic E-state index is 12.0. The van der Waals surface area contributed by atoms with Crippen molar-refractivity contribution in [2.45, 2.75) is 58.5 Å². The van der Waals surface area contributed by atoms with Crippen LogP contribution in [0.15, 0.2) is 22.8 Å². The molecule has 0 spiro atoms. The summed E-state index contributed by atoms with van der Waals surface area (Å²) < 4.78 is 16.5. The van der Waals surface area contributed by atoms with Gasteiger partial charge in [-0.15, -0.1) is 0 Å². The first-order chi connectivity index (χ1) is 11.1. The molecule has 0 bridgehead atoms. The van der Waals surface area contributed by atoms with Crippen LogP contribution in [-0.4, -0.2) is 42.1 Å². The molecule has 3 rings (SSSR count). The van der Waals surface area contributed by atoms with Gasteiger partial charge in [-0.25, -0.2) is 4.79 Å². The summed E-state index contributed by atoms with van der Waals surface area (Å²) in [6.07, 6.45) is 2.20. The highest BCUT2D eigenvalue weighted by molar-refractivity contribution is 5.93. The molecule has 0 radical (unpaired) electrons. The summed E-state index contributed by atoms with van der Waals surface area (Å²) in [5.74, 6) is -2.60. The molecule has 0 amide bonds. The van der Waals surface area contributed by atoms with Gasteiger partial charge >= 0.3 is 11.9 Å². The van der Waals surface area contributed by atoms with Crippen LogP contribution < -0.4 is 0 Å². The van der Waals surface area contributed by atoms with Crippen LogP contribution in [0.25, 0.3) is 0 Å². The highest BCUT2D eigenvalue weighted by Crippen LogP contribution is 2.57. The van der Waals surface area contributed by atoms with Crippen LogP contribution in [0.5, 0.6) is 0 Å². The van der Waals surface area contributed by atoms with E-state index in [1.165, 1.54) is 6.92 Å². The molecule has 24 heavy (non-hydrogen) atoms. The van der Waals surface area contributed by atoms with E-state index < -0.39 is 23.3 Å². The van der Waals surface area contributed by atoms with E-state index in [-0.39, 0.29) is 18.0 Å². The maximum atomic E-state index is 12.0. The van der Waals surface area contributed by atoms with E-state index in [1.807, 2.05) is 13.8 Å². The predicted molar refractivity (Wildman–Crippen MR) is 84.7 cm³/mol. The van der Waals surface area contributed by atoms with Crippen molar-refractivity contribution in [3.63, 3.8) is 0 Å². The van der Waals surface area contributed by atoms with E-state index in [0.717, 1.165) is 5.57 Å². The summed E-state index contributed by atoms with van der Waals surface area (Å²) in [7, 11) is 1.56. The second kappa shape index (κ2) is 5.43. The first-order valence-electron chi connectivity index (χ1n) is 8.24. The molecular weight excluding hydrogens is 312 g/mol. The quantitative estimate of drug-likeness (QED) is 0.612. The first-order valence-corrected chi connectivity index (χ1v) is 8.24. The molecular formula is C18H24O6. The van der Waals surface area contributed by atoms with Gasteiger partial charge in [-0.1, -0.05) is 19.4 Å². The highest BCUT2D eigenvalue weighted by atomic mass is 16.7. The molecule has 3 aliphatic rings. The largest absolute Gasteiger partial charge is 0.462 e. The van der Waals surface area contributed by atoms with Crippen molar-refractivity contribution in [2.24, 2.45) is 11.3 Å². The molecule has 132 valence electrons. The maximum Gasteiger partial charge on any atom is 0.337 e. The topological polar surface area (TPSA) is 82.1 Å². The Labute approximate surface area is 141 Å². The van der Waals surface area contributed by atoms with E-state index in [1.54, 1.807) is 20.1 Å². The average molecular weight is 336 g/mol. The predicted octanol–water partition coefficient (Wildman–Crippen LogP) is 1.87. The van der Waals surface area contributed by atoms with E-state index in [0.29, 0.717) is 24.0 Å². The number of rotatable bonds is 2. The Bertz CT molecular complexity index is 662. The van der Waals surface area contributed by atoms with Crippen LogP contribution in [0.1, 0.15) is 40.5 Å². The van der Waals surface area contributed by atoms with Crippen molar-refractivity contribution >= 4 is 11.9 Å². The van der Waals surface area contributed by atoms with E-state index in [4.69, 9.17) is 14.2 Å². The highest BCUT2D eigenvalue weighted by Gasteiger charge is 2.61. The summed E-state index contributed by atoms with van der Waals surface area (Å²) in [6, 6.07) is 0. The standard InChI is InChI=1S/C18H24O6/c1-9-14-15(22-5)17(4)10(2)13(23-11(3)19)7-6-12(17)8-18(14,21)24-16(9)20/h8,10,13,15,21H,6-7H2,1-5H3. The van der Waals surface area contributed by atoms with E-state index in [2.05, 4.69) is 0 Å². The zero-order valence-electron chi connectivity index (χ0n) is 14.7. The van der Waals surface area contributed by atoms with Crippen LogP contribution in [-0.2, 0) is 23.8 Å². The molecule has 0 aromatic carbocycles. The smallest absolute Gasteiger partial charge is 0.337 e. The second-order valence-corrected chi connectivity index (χ2v) is 7.17. The fraction of sp³-hybridized carbons (Fsp3) is 0.667. The van der Waals surface area contributed by atoms with Crippen LogP contribution in [0.3, 0.4) is 0 Å². The third-order valence-electron chi connectivity index (χ3n) is 5.97. The van der Waals surface area contributed by atoms with Crippen molar-refractivity contribution in [3.8, 4) is 0 Å². The summed E-state index contributed by atoms with van der Waals surface area (Å²) in [5.41, 5.74) is 1.31. The molecule has 1 N–H and O–H groups in total. The summed E-state index contributed by atoms with van der Waals surface area (Å²) >= 11 is 0. The number of aliphatic hydroxyl groups is 1. The molecule has 1 aliphatic heterocycles. The monoisotopic (exact) mass is 336 g/mol. The number of carbonyl (C=O) groups excluding carboxylic acids is 2. The van der Waals surface area contributed by atoms with E-state index in [9.17, 15) is 14.7 Å². The number of fused-ring (bicyclic) bond motifs is 2. The number of carbonyl (C=O) groups is 2. The Kier molecular flexibility index (Phi) is 3.88. The van der Waals surface area contributed by atoms with Crippen LogP contribution >= 0.6 is 0 Å². The van der Waals surface area contributed by atoms with Crippen molar-refractivity contribution in [1.29, 1.82) is 0 Å². The van der Waals surface area contributed by atoms with Gasteiger partial charge in [0.25, 0.3) is 5.79 Å². The second-order valence-electron chi connectivity index (χ2n) is 7.17. The Morgan fingerprint density at radius 3 is 2.71 bits per heavy atom. The lowest BCUT2D eigenvalue weighted by atomic mass is 9.56.